The summed E-state index contributed by atoms with van der Waals surface area (Å²) in [7, 11) is 0. The topological polar surface area (TPSA) is 83.7 Å². The summed E-state index contributed by atoms with van der Waals surface area (Å²) in [5, 5.41) is 9.18. The maximum Gasteiger partial charge on any atom is 0.253 e. The van der Waals surface area contributed by atoms with Gasteiger partial charge < -0.3 is 9.72 Å². The van der Waals surface area contributed by atoms with Gasteiger partial charge in [-0.25, -0.2) is 4.98 Å². The maximum absolute atomic E-state index is 12.5. The van der Waals surface area contributed by atoms with Crippen molar-refractivity contribution in [2.45, 2.75) is 0 Å². The van der Waals surface area contributed by atoms with Crippen LogP contribution in [0.4, 0.5) is 0 Å². The Morgan fingerprint density at radius 1 is 0.853 bits per heavy atom. The Labute approximate surface area is 198 Å². The molecule has 6 aromatic rings. The Morgan fingerprint density at radius 3 is 2.41 bits per heavy atom. The summed E-state index contributed by atoms with van der Waals surface area (Å²) in [6, 6.07) is 26.5. The van der Waals surface area contributed by atoms with Gasteiger partial charge in [-0.2, -0.15) is 5.10 Å². The molecular weight excluding hydrogens is 448 g/mol. The van der Waals surface area contributed by atoms with Gasteiger partial charge in [-0.3, -0.25) is 9.89 Å². The molecule has 6 nitrogen and oxygen atoms in total. The molecule has 0 atom stereocenters. The van der Waals surface area contributed by atoms with Gasteiger partial charge in [-0.1, -0.05) is 60.1 Å². The molecule has 0 aliphatic rings. The highest BCUT2D eigenvalue weighted by molar-refractivity contribution is 6.35. The van der Waals surface area contributed by atoms with Crippen molar-refractivity contribution in [3.63, 3.8) is 0 Å². The molecule has 164 valence electrons. The molecule has 0 radical (unpaired) electrons. The van der Waals surface area contributed by atoms with Crippen LogP contribution in [0.2, 0.25) is 5.02 Å². The zero-order valence-electron chi connectivity index (χ0n) is 17.7. The lowest BCUT2D eigenvalue weighted by atomic mass is 9.97. The number of hydrogen-bond acceptors (Lipinski definition) is 4. The number of aromatic nitrogens is 4. The van der Waals surface area contributed by atoms with Crippen LogP contribution in [0.5, 0.6) is 11.5 Å². The van der Waals surface area contributed by atoms with Crippen LogP contribution < -0.4 is 10.3 Å². The number of ether oxygens (including phenoxy) is 1. The largest absolute Gasteiger partial charge is 0.456 e. The van der Waals surface area contributed by atoms with Crippen LogP contribution in [-0.4, -0.2) is 20.2 Å². The average molecular weight is 465 g/mol. The highest BCUT2D eigenvalue weighted by atomic mass is 35.5. The van der Waals surface area contributed by atoms with Crippen molar-refractivity contribution in [1.82, 2.24) is 20.2 Å². The van der Waals surface area contributed by atoms with Gasteiger partial charge >= 0.3 is 0 Å². The number of fused-ring (bicyclic) bond motifs is 2. The van der Waals surface area contributed by atoms with Crippen LogP contribution in [-0.2, 0) is 0 Å². The summed E-state index contributed by atoms with van der Waals surface area (Å²) in [6.07, 6.45) is 1.74. The van der Waals surface area contributed by atoms with Crippen LogP contribution in [0.3, 0.4) is 0 Å². The van der Waals surface area contributed by atoms with Crippen molar-refractivity contribution in [2.75, 3.05) is 0 Å². The zero-order chi connectivity index (χ0) is 23.1. The highest BCUT2D eigenvalue weighted by Gasteiger charge is 2.17. The first-order valence-corrected chi connectivity index (χ1v) is 11.0. The van der Waals surface area contributed by atoms with E-state index in [2.05, 4.69) is 15.2 Å². The summed E-state index contributed by atoms with van der Waals surface area (Å²) in [5.41, 5.74) is 4.30. The summed E-state index contributed by atoms with van der Waals surface area (Å²) in [4.78, 5) is 20.2. The number of para-hydroxylation sites is 1. The van der Waals surface area contributed by atoms with Crippen molar-refractivity contribution in [1.29, 1.82) is 0 Å². The molecule has 0 saturated heterocycles. The molecule has 2 N–H and O–H groups in total. The van der Waals surface area contributed by atoms with Crippen LogP contribution in [0.25, 0.3) is 44.3 Å². The standard InChI is InChI=1S/C27H17ClN4O2/c28-22-12-17(11-18-15-29-32-26(18)22)20-13-21-23(34-19-9-5-2-6-10-19)14-24(33)30-27(21)31-25(20)16-7-3-1-4-8-16/h1-15H,(H,29,32)(H,30,31,33). The molecule has 0 aliphatic heterocycles. The van der Waals surface area contributed by atoms with Gasteiger partial charge in [0, 0.05) is 22.6 Å². The number of hydrogen-bond donors (Lipinski definition) is 2. The minimum Gasteiger partial charge on any atom is -0.456 e. The second-order valence-electron chi connectivity index (χ2n) is 7.85. The third-order valence-electron chi connectivity index (χ3n) is 5.62. The predicted molar refractivity (Wildman–Crippen MR) is 134 cm³/mol. The Bertz CT molecular complexity index is 1710. The van der Waals surface area contributed by atoms with E-state index in [1.807, 2.05) is 78.9 Å². The monoisotopic (exact) mass is 464 g/mol. The number of nitrogens with zero attached hydrogens (tertiary/aromatic N) is 2. The van der Waals surface area contributed by atoms with Crippen molar-refractivity contribution in [3.8, 4) is 33.9 Å². The minimum atomic E-state index is -0.291. The maximum atomic E-state index is 12.5. The molecule has 3 heterocycles. The smallest absolute Gasteiger partial charge is 0.253 e. The first-order valence-electron chi connectivity index (χ1n) is 10.6. The van der Waals surface area contributed by atoms with E-state index in [0.29, 0.717) is 27.6 Å². The van der Waals surface area contributed by atoms with Crippen molar-refractivity contribution >= 4 is 33.5 Å². The van der Waals surface area contributed by atoms with Gasteiger partial charge in [0.05, 0.1) is 27.8 Å². The van der Waals surface area contributed by atoms with Crippen LogP contribution in [0.15, 0.2) is 95.9 Å². The Balaban J connectivity index is 1.64. The molecule has 0 spiro atoms. The van der Waals surface area contributed by atoms with Gasteiger partial charge in [0.1, 0.15) is 17.1 Å². The molecule has 0 amide bonds. The fourth-order valence-electron chi connectivity index (χ4n) is 4.05. The fraction of sp³-hybridized carbons (Fsp3) is 0. The van der Waals surface area contributed by atoms with Gasteiger partial charge in [0.25, 0.3) is 5.56 Å². The van der Waals surface area contributed by atoms with Gasteiger partial charge in [-0.15, -0.1) is 0 Å². The number of nitrogens with one attached hydrogen (secondary N) is 2. The quantitative estimate of drug-likeness (QED) is 0.308. The Kier molecular flexibility index (Phi) is 4.86. The Morgan fingerprint density at radius 2 is 1.62 bits per heavy atom. The lowest BCUT2D eigenvalue weighted by Crippen LogP contribution is -2.07. The summed E-state index contributed by atoms with van der Waals surface area (Å²) >= 11 is 6.57. The van der Waals surface area contributed by atoms with E-state index in [4.69, 9.17) is 21.3 Å². The van der Waals surface area contributed by atoms with E-state index in [1.165, 1.54) is 6.07 Å². The molecule has 0 fully saturated rings. The molecule has 7 heteroatoms. The number of rotatable bonds is 4. The minimum absolute atomic E-state index is 0.291. The first kappa shape index (κ1) is 20.2. The molecule has 0 unspecified atom stereocenters. The third kappa shape index (κ3) is 3.60. The second-order valence-corrected chi connectivity index (χ2v) is 8.26. The van der Waals surface area contributed by atoms with Crippen molar-refractivity contribution < 1.29 is 4.74 Å². The number of H-pyrrole nitrogens is 2. The summed E-state index contributed by atoms with van der Waals surface area (Å²) in [5.74, 6) is 1.06. The van der Waals surface area contributed by atoms with Crippen molar-refractivity contribution in [3.05, 3.63) is 107 Å². The average Bonchev–Trinajstić information content (AvgIpc) is 3.34. The molecule has 0 aliphatic carbocycles. The summed E-state index contributed by atoms with van der Waals surface area (Å²) in [6.45, 7) is 0. The second kappa shape index (κ2) is 8.17. The number of benzene rings is 3. The molecule has 0 saturated carbocycles. The van der Waals surface area contributed by atoms with Crippen LogP contribution in [0, 0.1) is 0 Å². The van der Waals surface area contributed by atoms with E-state index in [1.54, 1.807) is 6.20 Å². The van der Waals surface area contributed by atoms with Crippen LogP contribution >= 0.6 is 11.6 Å². The number of aromatic amines is 2. The first-order chi connectivity index (χ1) is 16.7. The van der Waals surface area contributed by atoms with Gasteiger partial charge in [-0.05, 0) is 35.9 Å². The molecule has 0 bridgehead atoms. The van der Waals surface area contributed by atoms with Crippen LogP contribution in [0.1, 0.15) is 0 Å². The number of halogens is 1. The molecular formula is C27H17ClN4O2. The summed E-state index contributed by atoms with van der Waals surface area (Å²) < 4.78 is 6.09. The fourth-order valence-corrected chi connectivity index (χ4v) is 4.32. The third-order valence-corrected chi connectivity index (χ3v) is 5.92. The van der Waals surface area contributed by atoms with Gasteiger partial charge in [0.15, 0.2) is 0 Å². The lowest BCUT2D eigenvalue weighted by molar-refractivity contribution is 0.487. The molecule has 34 heavy (non-hydrogen) atoms. The molecule has 3 aromatic carbocycles. The zero-order valence-corrected chi connectivity index (χ0v) is 18.5. The molecule has 3 aromatic heterocycles. The van der Waals surface area contributed by atoms with Gasteiger partial charge in [0.2, 0.25) is 0 Å². The van der Waals surface area contributed by atoms with E-state index in [9.17, 15) is 4.79 Å². The predicted octanol–water partition coefficient (Wildman–Crippen LogP) is 6.58. The lowest BCUT2D eigenvalue weighted by Gasteiger charge is -2.14. The highest BCUT2D eigenvalue weighted by Crippen LogP contribution is 2.38. The Hall–Kier alpha value is -4.42. The van der Waals surface area contributed by atoms with E-state index in [0.717, 1.165) is 33.3 Å². The van der Waals surface area contributed by atoms with Crippen molar-refractivity contribution in [2.24, 2.45) is 0 Å². The number of pyridine rings is 2. The SMILES string of the molecule is O=c1cc(Oc2ccccc2)c2cc(-c3cc(Cl)c4[nH]ncc4c3)c(-c3ccccc3)nc2[nH]1. The van der Waals surface area contributed by atoms with E-state index in [-0.39, 0.29) is 5.56 Å². The molecule has 6 rings (SSSR count). The normalized spacial score (nSPS) is 11.2. The van der Waals surface area contributed by atoms with E-state index < -0.39 is 0 Å². The van der Waals surface area contributed by atoms with E-state index >= 15 is 0 Å².